The number of halogens is 1. The first-order valence-electron chi connectivity index (χ1n) is 10.3. The summed E-state index contributed by atoms with van der Waals surface area (Å²) >= 11 is 0. The fourth-order valence-corrected chi connectivity index (χ4v) is 3.32. The number of guanidine groups is 1. The van der Waals surface area contributed by atoms with Crippen molar-refractivity contribution < 1.29 is 0 Å². The summed E-state index contributed by atoms with van der Waals surface area (Å²) in [6.45, 7) is 15.6. The maximum Gasteiger partial charge on any atom is 0.191 e. The van der Waals surface area contributed by atoms with Crippen LogP contribution in [0.5, 0.6) is 0 Å². The van der Waals surface area contributed by atoms with Crippen molar-refractivity contribution in [2.24, 2.45) is 4.99 Å². The zero-order chi connectivity index (χ0) is 18.6. The van der Waals surface area contributed by atoms with Crippen LogP contribution in [0.1, 0.15) is 45.2 Å². The fourth-order valence-electron chi connectivity index (χ4n) is 3.32. The molecule has 1 heterocycles. The van der Waals surface area contributed by atoms with E-state index in [1.54, 1.807) is 0 Å². The van der Waals surface area contributed by atoms with Crippen LogP contribution in [0, 0.1) is 0 Å². The van der Waals surface area contributed by atoms with Crippen molar-refractivity contribution >= 4 is 29.9 Å². The standard InChI is InChI=1S/C21H37N5.HI/c1-4-22-21(24-19(3)20-11-7-6-8-12-20)23-13-9-10-14-26-17-15-25(5-2)16-18-26;/h6-8,11-12,19H,4-5,9-10,13-18H2,1-3H3,(H2,22,23,24);1H. The minimum atomic E-state index is 0. The average molecular weight is 487 g/mol. The Balaban J connectivity index is 0.00000364. The molecule has 1 atom stereocenters. The van der Waals surface area contributed by atoms with Gasteiger partial charge >= 0.3 is 0 Å². The zero-order valence-electron chi connectivity index (χ0n) is 17.3. The predicted octanol–water partition coefficient (Wildman–Crippen LogP) is 3.34. The Morgan fingerprint density at radius 1 is 1.04 bits per heavy atom. The molecule has 1 saturated heterocycles. The van der Waals surface area contributed by atoms with E-state index in [0.29, 0.717) is 0 Å². The maximum atomic E-state index is 4.75. The smallest absolute Gasteiger partial charge is 0.191 e. The number of nitrogens with one attached hydrogen (secondary N) is 2. The number of nitrogens with zero attached hydrogens (tertiary/aromatic N) is 3. The number of piperazine rings is 1. The highest BCUT2D eigenvalue weighted by molar-refractivity contribution is 14.0. The minimum absolute atomic E-state index is 0. The van der Waals surface area contributed by atoms with Crippen LogP contribution >= 0.6 is 24.0 Å². The summed E-state index contributed by atoms with van der Waals surface area (Å²) in [6.07, 6.45) is 2.37. The predicted molar refractivity (Wildman–Crippen MR) is 127 cm³/mol. The Labute approximate surface area is 183 Å². The van der Waals surface area contributed by atoms with Crippen LogP contribution in [-0.2, 0) is 0 Å². The fraction of sp³-hybridized carbons (Fsp3) is 0.667. The first-order chi connectivity index (χ1) is 12.7. The SMILES string of the molecule is CCNC(=NCCCCN1CCN(CC)CC1)NC(C)c1ccccc1.I. The van der Waals surface area contributed by atoms with Crippen LogP contribution in [0.4, 0.5) is 0 Å². The molecule has 0 aromatic heterocycles. The maximum absolute atomic E-state index is 4.75. The lowest BCUT2D eigenvalue weighted by molar-refractivity contribution is 0.136. The summed E-state index contributed by atoms with van der Waals surface area (Å²) < 4.78 is 0. The monoisotopic (exact) mass is 487 g/mol. The Morgan fingerprint density at radius 3 is 2.33 bits per heavy atom. The van der Waals surface area contributed by atoms with Crippen molar-refractivity contribution in [3.05, 3.63) is 35.9 Å². The van der Waals surface area contributed by atoms with Crippen LogP contribution in [0.25, 0.3) is 0 Å². The highest BCUT2D eigenvalue weighted by atomic mass is 127. The van der Waals surface area contributed by atoms with Gasteiger partial charge in [-0.05, 0) is 45.3 Å². The molecule has 154 valence electrons. The normalized spacial score (nSPS) is 17.2. The third-order valence-electron chi connectivity index (χ3n) is 5.06. The van der Waals surface area contributed by atoms with Gasteiger partial charge in [-0.25, -0.2) is 0 Å². The Hall–Kier alpha value is -0.860. The van der Waals surface area contributed by atoms with Gasteiger partial charge in [0.2, 0.25) is 0 Å². The van der Waals surface area contributed by atoms with Crippen molar-refractivity contribution in [2.75, 3.05) is 52.4 Å². The number of unbranched alkanes of at least 4 members (excludes halogenated alkanes) is 1. The summed E-state index contributed by atoms with van der Waals surface area (Å²) in [5.74, 6) is 0.917. The molecular weight excluding hydrogens is 449 g/mol. The number of likely N-dealkylation sites (N-methyl/N-ethyl adjacent to an activating group) is 1. The second-order valence-electron chi connectivity index (χ2n) is 7.02. The quantitative estimate of drug-likeness (QED) is 0.243. The van der Waals surface area contributed by atoms with Gasteiger partial charge in [-0.15, -0.1) is 24.0 Å². The molecule has 0 aliphatic carbocycles. The molecule has 0 radical (unpaired) electrons. The van der Waals surface area contributed by atoms with E-state index in [-0.39, 0.29) is 30.0 Å². The van der Waals surface area contributed by atoms with E-state index >= 15 is 0 Å². The molecule has 0 bridgehead atoms. The van der Waals surface area contributed by atoms with Gasteiger partial charge in [-0.3, -0.25) is 4.99 Å². The first-order valence-corrected chi connectivity index (χ1v) is 10.3. The average Bonchev–Trinajstić information content (AvgIpc) is 2.69. The molecular formula is C21H38IN5. The Morgan fingerprint density at radius 2 is 1.70 bits per heavy atom. The van der Waals surface area contributed by atoms with Gasteiger partial charge in [0, 0.05) is 39.3 Å². The molecule has 5 nitrogen and oxygen atoms in total. The van der Waals surface area contributed by atoms with Gasteiger partial charge in [-0.1, -0.05) is 37.3 Å². The molecule has 6 heteroatoms. The van der Waals surface area contributed by atoms with Crippen LogP contribution in [0.2, 0.25) is 0 Å². The summed E-state index contributed by atoms with van der Waals surface area (Å²) in [6, 6.07) is 10.8. The summed E-state index contributed by atoms with van der Waals surface area (Å²) in [4.78, 5) is 9.88. The number of rotatable bonds is 9. The molecule has 27 heavy (non-hydrogen) atoms. The molecule has 1 aromatic carbocycles. The highest BCUT2D eigenvalue weighted by Crippen LogP contribution is 2.10. The molecule has 2 rings (SSSR count). The minimum Gasteiger partial charge on any atom is -0.357 e. The van der Waals surface area contributed by atoms with Crippen molar-refractivity contribution in [1.29, 1.82) is 0 Å². The molecule has 0 amide bonds. The van der Waals surface area contributed by atoms with Crippen molar-refractivity contribution in [2.45, 2.75) is 39.7 Å². The van der Waals surface area contributed by atoms with Crippen LogP contribution in [0.3, 0.4) is 0 Å². The number of aliphatic imine (C=N–C) groups is 1. The van der Waals surface area contributed by atoms with E-state index in [2.05, 4.69) is 71.5 Å². The van der Waals surface area contributed by atoms with E-state index in [9.17, 15) is 0 Å². The molecule has 1 aliphatic rings. The third kappa shape index (κ3) is 9.25. The molecule has 2 N–H and O–H groups in total. The summed E-state index contributed by atoms with van der Waals surface area (Å²) in [5, 5.41) is 6.87. The highest BCUT2D eigenvalue weighted by Gasteiger charge is 2.14. The molecule has 0 spiro atoms. The van der Waals surface area contributed by atoms with Crippen molar-refractivity contribution in [1.82, 2.24) is 20.4 Å². The lowest BCUT2D eigenvalue weighted by Crippen LogP contribution is -2.46. The lowest BCUT2D eigenvalue weighted by Gasteiger charge is -2.33. The molecule has 1 unspecified atom stereocenters. The van der Waals surface area contributed by atoms with Gasteiger partial charge < -0.3 is 20.4 Å². The second-order valence-corrected chi connectivity index (χ2v) is 7.02. The largest absolute Gasteiger partial charge is 0.357 e. The van der Waals surface area contributed by atoms with Gasteiger partial charge in [0.1, 0.15) is 0 Å². The van der Waals surface area contributed by atoms with Crippen molar-refractivity contribution in [3.8, 4) is 0 Å². The second kappa shape index (κ2) is 14.2. The van der Waals surface area contributed by atoms with Crippen LogP contribution < -0.4 is 10.6 Å². The van der Waals surface area contributed by atoms with E-state index in [4.69, 9.17) is 4.99 Å². The molecule has 1 aromatic rings. The molecule has 1 fully saturated rings. The number of hydrogen-bond acceptors (Lipinski definition) is 3. The summed E-state index contributed by atoms with van der Waals surface area (Å²) in [5.41, 5.74) is 1.28. The van der Waals surface area contributed by atoms with E-state index in [1.165, 1.54) is 51.3 Å². The molecule has 1 aliphatic heterocycles. The first kappa shape index (κ1) is 24.2. The van der Waals surface area contributed by atoms with Gasteiger partial charge in [-0.2, -0.15) is 0 Å². The van der Waals surface area contributed by atoms with Gasteiger partial charge in [0.25, 0.3) is 0 Å². The van der Waals surface area contributed by atoms with Crippen LogP contribution in [0.15, 0.2) is 35.3 Å². The van der Waals surface area contributed by atoms with E-state index in [1.807, 2.05) is 0 Å². The number of hydrogen-bond donors (Lipinski definition) is 2. The number of benzene rings is 1. The zero-order valence-corrected chi connectivity index (χ0v) is 19.6. The molecule has 0 saturated carbocycles. The van der Waals surface area contributed by atoms with Gasteiger partial charge in [0.15, 0.2) is 5.96 Å². The topological polar surface area (TPSA) is 42.9 Å². The van der Waals surface area contributed by atoms with E-state index in [0.717, 1.165) is 25.5 Å². The van der Waals surface area contributed by atoms with Crippen LogP contribution in [-0.4, -0.2) is 68.1 Å². The third-order valence-corrected chi connectivity index (χ3v) is 5.06. The lowest BCUT2D eigenvalue weighted by atomic mass is 10.1. The van der Waals surface area contributed by atoms with Gasteiger partial charge in [0.05, 0.1) is 6.04 Å². The van der Waals surface area contributed by atoms with Crippen molar-refractivity contribution in [3.63, 3.8) is 0 Å². The summed E-state index contributed by atoms with van der Waals surface area (Å²) in [7, 11) is 0. The Kier molecular flexibility index (Phi) is 12.7. The van der Waals surface area contributed by atoms with E-state index < -0.39 is 0 Å². The Bertz CT molecular complexity index is 515.